The van der Waals surface area contributed by atoms with E-state index in [1.54, 1.807) is 56.6 Å². The summed E-state index contributed by atoms with van der Waals surface area (Å²) in [6.07, 6.45) is 0. The van der Waals surface area contributed by atoms with E-state index in [1.165, 1.54) is 4.90 Å². The third-order valence-electron chi connectivity index (χ3n) is 6.51. The second kappa shape index (κ2) is 14.6. The molecule has 0 saturated heterocycles. The summed E-state index contributed by atoms with van der Waals surface area (Å²) in [5, 5.41) is 0.334. The lowest BCUT2D eigenvalue weighted by Gasteiger charge is -2.17. The Balaban J connectivity index is 1.43. The number of hydrogen-bond donors (Lipinski definition) is 0. The third kappa shape index (κ3) is 7.69. The van der Waals surface area contributed by atoms with Crippen molar-refractivity contribution in [3.63, 3.8) is 0 Å². The Hall–Kier alpha value is -5.44. The Morgan fingerprint density at radius 3 is 1.86 bits per heavy atom. The Labute approximate surface area is 255 Å². The maximum atomic E-state index is 13.6. The van der Waals surface area contributed by atoms with Crippen LogP contribution in [-0.2, 0) is 4.79 Å². The minimum absolute atomic E-state index is 0.0887. The number of rotatable bonds is 14. The average molecular weight is 596 g/mol. The molecule has 0 N–H and O–H groups in total. The molecule has 0 aliphatic heterocycles. The highest BCUT2D eigenvalue weighted by molar-refractivity contribution is 5.84. The molecular weight excluding hydrogens is 562 g/mol. The minimum atomic E-state index is -0.398. The molecule has 0 atom stereocenters. The molecule has 44 heavy (non-hydrogen) atoms. The zero-order chi connectivity index (χ0) is 30.7. The van der Waals surface area contributed by atoms with Crippen molar-refractivity contribution in [1.82, 2.24) is 4.90 Å². The molecule has 0 spiro atoms. The van der Waals surface area contributed by atoms with E-state index in [-0.39, 0.29) is 43.8 Å². The van der Waals surface area contributed by atoms with Crippen LogP contribution in [-0.4, -0.2) is 57.9 Å². The minimum Gasteiger partial charge on any atom is -0.490 e. The topological polar surface area (TPSA) is 96.7 Å². The fraction of sp³-hybridized carbons (Fsp3) is 0.200. The monoisotopic (exact) mass is 595 g/mol. The zero-order valence-electron chi connectivity index (χ0n) is 24.6. The number of carbonyl (C=O) groups excluding carboxylic acids is 1. The first kappa shape index (κ1) is 30.0. The second-order valence-electron chi connectivity index (χ2n) is 9.84. The Morgan fingerprint density at radius 2 is 1.23 bits per heavy atom. The Bertz CT molecular complexity index is 1740. The predicted octanol–water partition coefficient (Wildman–Crippen LogP) is 5.84. The molecule has 1 aromatic heterocycles. The van der Waals surface area contributed by atoms with Crippen LogP contribution in [0.3, 0.4) is 0 Å². The molecule has 0 radical (unpaired) electrons. The van der Waals surface area contributed by atoms with Crippen LogP contribution in [0.2, 0.25) is 0 Å². The molecule has 0 fully saturated rings. The number of ether oxygens (including phenoxy) is 5. The van der Waals surface area contributed by atoms with Gasteiger partial charge in [-0.1, -0.05) is 48.5 Å². The second-order valence-corrected chi connectivity index (χ2v) is 9.84. The number of carbonyl (C=O) groups is 1. The summed E-state index contributed by atoms with van der Waals surface area (Å²) in [7, 11) is 3.23. The zero-order valence-corrected chi connectivity index (χ0v) is 24.6. The number of benzene rings is 4. The SMILES string of the molecule is CN(C)C(=O)COc1c(-c2ccc(OCCOc3ccccc3)cc2OCCOc2ccccc2)oc2ccccc2c1=O. The highest BCUT2D eigenvalue weighted by Gasteiger charge is 2.22. The summed E-state index contributed by atoms with van der Waals surface area (Å²) in [4.78, 5) is 27.3. The molecule has 9 heteroatoms. The average Bonchev–Trinajstić information content (AvgIpc) is 3.05. The number of likely N-dealkylation sites (N-methyl/N-ethyl adjacent to an activating group) is 1. The Kier molecular flexibility index (Phi) is 9.99. The van der Waals surface area contributed by atoms with Crippen LogP contribution >= 0.6 is 0 Å². The van der Waals surface area contributed by atoms with Crippen LogP contribution in [0, 0.1) is 0 Å². The summed E-state index contributed by atoms with van der Waals surface area (Å²) in [6.45, 7) is 0.741. The van der Waals surface area contributed by atoms with Gasteiger partial charge in [-0.15, -0.1) is 0 Å². The van der Waals surface area contributed by atoms with Crippen molar-refractivity contribution in [2.24, 2.45) is 0 Å². The molecule has 0 bridgehead atoms. The van der Waals surface area contributed by atoms with Gasteiger partial charge in [0.2, 0.25) is 11.2 Å². The highest BCUT2D eigenvalue weighted by Crippen LogP contribution is 2.39. The van der Waals surface area contributed by atoms with Gasteiger partial charge in [0.1, 0.15) is 55.0 Å². The van der Waals surface area contributed by atoms with Crippen LogP contribution in [0.4, 0.5) is 0 Å². The van der Waals surface area contributed by atoms with E-state index < -0.39 is 5.43 Å². The van der Waals surface area contributed by atoms with E-state index in [4.69, 9.17) is 28.1 Å². The number of fused-ring (bicyclic) bond motifs is 1. The van der Waals surface area contributed by atoms with E-state index in [1.807, 2.05) is 60.7 Å². The fourth-order valence-corrected chi connectivity index (χ4v) is 4.26. The van der Waals surface area contributed by atoms with Crippen molar-refractivity contribution in [2.45, 2.75) is 0 Å². The smallest absolute Gasteiger partial charge is 0.259 e. The van der Waals surface area contributed by atoms with Crippen LogP contribution in [0.25, 0.3) is 22.3 Å². The number of nitrogens with zero attached hydrogens (tertiary/aromatic N) is 1. The predicted molar refractivity (Wildman–Crippen MR) is 167 cm³/mol. The molecule has 0 saturated carbocycles. The molecule has 0 aliphatic rings. The lowest BCUT2D eigenvalue weighted by Crippen LogP contribution is -2.28. The quantitative estimate of drug-likeness (QED) is 0.148. The lowest BCUT2D eigenvalue weighted by atomic mass is 10.1. The van der Waals surface area contributed by atoms with Crippen LogP contribution in [0.15, 0.2) is 112 Å². The van der Waals surface area contributed by atoms with Crippen molar-refractivity contribution in [3.05, 3.63) is 113 Å². The lowest BCUT2D eigenvalue weighted by molar-refractivity contribution is -0.130. The summed E-state index contributed by atoms with van der Waals surface area (Å²) in [5.74, 6) is 2.11. The molecule has 226 valence electrons. The molecule has 9 nitrogen and oxygen atoms in total. The van der Waals surface area contributed by atoms with Crippen LogP contribution in [0.5, 0.6) is 28.7 Å². The van der Waals surface area contributed by atoms with Gasteiger partial charge in [0.15, 0.2) is 12.4 Å². The van der Waals surface area contributed by atoms with E-state index in [0.717, 1.165) is 5.75 Å². The fourth-order valence-electron chi connectivity index (χ4n) is 4.26. The van der Waals surface area contributed by atoms with Crippen molar-refractivity contribution in [1.29, 1.82) is 0 Å². The van der Waals surface area contributed by atoms with Gasteiger partial charge in [-0.2, -0.15) is 0 Å². The maximum Gasteiger partial charge on any atom is 0.259 e. The molecule has 4 aromatic carbocycles. The highest BCUT2D eigenvalue weighted by atomic mass is 16.5. The molecular formula is C35H33NO8. The van der Waals surface area contributed by atoms with Gasteiger partial charge in [-0.25, -0.2) is 0 Å². The summed E-state index contributed by atoms with van der Waals surface area (Å²) < 4.78 is 35.7. The first-order chi connectivity index (χ1) is 21.5. The van der Waals surface area contributed by atoms with Gasteiger partial charge in [-0.05, 0) is 48.5 Å². The van der Waals surface area contributed by atoms with E-state index in [2.05, 4.69) is 0 Å². The Morgan fingerprint density at radius 1 is 0.659 bits per heavy atom. The van der Waals surface area contributed by atoms with E-state index >= 15 is 0 Å². The molecule has 0 aliphatic carbocycles. The van der Waals surface area contributed by atoms with Gasteiger partial charge in [0, 0.05) is 20.2 Å². The molecule has 1 heterocycles. The molecule has 5 rings (SSSR count). The van der Waals surface area contributed by atoms with Crippen LogP contribution < -0.4 is 29.1 Å². The van der Waals surface area contributed by atoms with Crippen molar-refractivity contribution in [3.8, 4) is 40.1 Å². The third-order valence-corrected chi connectivity index (χ3v) is 6.51. The first-order valence-corrected chi connectivity index (χ1v) is 14.1. The molecule has 0 unspecified atom stereocenters. The van der Waals surface area contributed by atoms with Gasteiger partial charge in [0.25, 0.3) is 5.91 Å². The maximum absolute atomic E-state index is 13.6. The van der Waals surface area contributed by atoms with Crippen molar-refractivity contribution < 1.29 is 32.9 Å². The van der Waals surface area contributed by atoms with E-state index in [9.17, 15) is 9.59 Å². The number of amides is 1. The normalized spacial score (nSPS) is 10.7. The number of hydrogen-bond acceptors (Lipinski definition) is 8. The summed E-state index contributed by atoms with van der Waals surface area (Å²) >= 11 is 0. The van der Waals surface area contributed by atoms with Crippen molar-refractivity contribution >= 4 is 16.9 Å². The van der Waals surface area contributed by atoms with E-state index in [0.29, 0.717) is 40.4 Å². The van der Waals surface area contributed by atoms with Gasteiger partial charge >= 0.3 is 0 Å². The number of para-hydroxylation sites is 3. The summed E-state index contributed by atoms with van der Waals surface area (Å²) in [5.41, 5.74) is 0.424. The molecule has 1 amide bonds. The molecule has 5 aromatic rings. The summed E-state index contributed by atoms with van der Waals surface area (Å²) in [6, 6.07) is 30.9. The van der Waals surface area contributed by atoms with Crippen LogP contribution in [0.1, 0.15) is 0 Å². The van der Waals surface area contributed by atoms with Gasteiger partial charge in [0.05, 0.1) is 10.9 Å². The van der Waals surface area contributed by atoms with Gasteiger partial charge < -0.3 is 33.0 Å². The largest absolute Gasteiger partial charge is 0.490 e. The van der Waals surface area contributed by atoms with Crippen molar-refractivity contribution in [2.75, 3.05) is 47.1 Å². The van der Waals surface area contributed by atoms with Gasteiger partial charge in [-0.3, -0.25) is 9.59 Å². The first-order valence-electron chi connectivity index (χ1n) is 14.1. The standard InChI is InChI=1S/C35H33NO8/c1-36(2)32(37)24-43-35-33(38)28-15-9-10-16-30(28)44-34(35)29-18-17-27(41-20-19-39-25-11-5-3-6-12-25)23-31(29)42-22-21-40-26-13-7-4-8-14-26/h3-18,23H,19-22,24H2,1-2H3.